The fourth-order valence-electron chi connectivity index (χ4n) is 2.67. The van der Waals surface area contributed by atoms with E-state index in [2.05, 4.69) is 4.90 Å². The van der Waals surface area contributed by atoms with Crippen LogP contribution in [0, 0.1) is 0 Å². The van der Waals surface area contributed by atoms with Crippen LogP contribution in [0.1, 0.15) is 46.0 Å². The van der Waals surface area contributed by atoms with E-state index in [0.717, 1.165) is 32.2 Å². The third-order valence-corrected chi connectivity index (χ3v) is 5.57. The topological polar surface area (TPSA) is 57.6 Å². The molecule has 1 heterocycles. The van der Waals surface area contributed by atoms with E-state index < -0.39 is 9.84 Å². The van der Waals surface area contributed by atoms with Crippen molar-refractivity contribution in [3.8, 4) is 0 Å². The number of aliphatic hydroxyl groups is 1. The third-order valence-electron chi connectivity index (χ3n) is 3.73. The molecule has 1 aliphatic rings. The van der Waals surface area contributed by atoms with Crippen LogP contribution in [0.15, 0.2) is 0 Å². The molecule has 1 saturated heterocycles. The van der Waals surface area contributed by atoms with Crippen molar-refractivity contribution < 1.29 is 13.5 Å². The maximum absolute atomic E-state index is 11.7. The van der Waals surface area contributed by atoms with Crippen LogP contribution in [0.5, 0.6) is 0 Å². The quantitative estimate of drug-likeness (QED) is 0.765. The summed E-state index contributed by atoms with van der Waals surface area (Å²) in [7, 11) is -2.91. The molecular formula is C13H27NO3S. The lowest BCUT2D eigenvalue weighted by atomic mass is 9.96. The number of hydrogen-bond acceptors (Lipinski definition) is 4. The molecule has 1 aliphatic heterocycles. The average molecular weight is 277 g/mol. The summed E-state index contributed by atoms with van der Waals surface area (Å²) < 4.78 is 23.5. The van der Waals surface area contributed by atoms with Crippen molar-refractivity contribution in [3.05, 3.63) is 0 Å². The maximum Gasteiger partial charge on any atom is 0.151 e. The standard InChI is InChI=1S/C13H27NO3S/c1-3-10-18(16,17)11-9-14-8-6-5-7-12(14)13(15)4-2/h12-13,15H,3-11H2,1-2H3. The number of likely N-dealkylation sites (tertiary alicyclic amines) is 1. The van der Waals surface area contributed by atoms with Gasteiger partial charge < -0.3 is 5.11 Å². The SMILES string of the molecule is CCCS(=O)(=O)CCN1CCCCC1C(O)CC. The summed E-state index contributed by atoms with van der Waals surface area (Å²) in [4.78, 5) is 2.17. The molecule has 4 nitrogen and oxygen atoms in total. The zero-order chi connectivity index (χ0) is 13.6. The molecule has 0 aromatic rings. The van der Waals surface area contributed by atoms with Gasteiger partial charge in [-0.05, 0) is 32.2 Å². The maximum atomic E-state index is 11.7. The predicted octanol–water partition coefficient (Wildman–Crippen LogP) is 1.44. The van der Waals surface area contributed by atoms with Gasteiger partial charge >= 0.3 is 0 Å². The summed E-state index contributed by atoms with van der Waals surface area (Å²) in [6, 6.07) is 0.153. The van der Waals surface area contributed by atoms with E-state index in [-0.39, 0.29) is 23.7 Å². The van der Waals surface area contributed by atoms with E-state index in [1.165, 1.54) is 0 Å². The van der Waals surface area contributed by atoms with Crippen LogP contribution < -0.4 is 0 Å². The smallest absolute Gasteiger partial charge is 0.151 e. The summed E-state index contributed by atoms with van der Waals surface area (Å²) in [6.45, 7) is 5.36. The van der Waals surface area contributed by atoms with Gasteiger partial charge in [0.2, 0.25) is 0 Å². The Morgan fingerprint density at radius 2 is 2.00 bits per heavy atom. The van der Waals surface area contributed by atoms with Crippen LogP contribution in [-0.2, 0) is 9.84 Å². The molecule has 0 spiro atoms. The number of aliphatic hydroxyl groups excluding tert-OH is 1. The second kappa shape index (κ2) is 7.46. The van der Waals surface area contributed by atoms with E-state index in [4.69, 9.17) is 0 Å². The molecule has 2 unspecified atom stereocenters. The zero-order valence-electron chi connectivity index (χ0n) is 11.6. The Morgan fingerprint density at radius 1 is 1.28 bits per heavy atom. The highest BCUT2D eigenvalue weighted by molar-refractivity contribution is 7.91. The van der Waals surface area contributed by atoms with E-state index in [1.54, 1.807) is 0 Å². The first-order chi connectivity index (χ1) is 8.50. The lowest BCUT2D eigenvalue weighted by molar-refractivity contribution is 0.0275. The Kier molecular flexibility index (Phi) is 6.60. The van der Waals surface area contributed by atoms with Crippen LogP contribution in [0.25, 0.3) is 0 Å². The summed E-state index contributed by atoms with van der Waals surface area (Å²) in [5.74, 6) is 0.510. The minimum absolute atomic E-state index is 0.153. The van der Waals surface area contributed by atoms with E-state index in [9.17, 15) is 13.5 Å². The van der Waals surface area contributed by atoms with Gasteiger partial charge in [0.25, 0.3) is 0 Å². The molecule has 18 heavy (non-hydrogen) atoms. The molecule has 0 bridgehead atoms. The Labute approximate surface area is 111 Å². The highest BCUT2D eigenvalue weighted by Crippen LogP contribution is 2.21. The van der Waals surface area contributed by atoms with Crippen molar-refractivity contribution in [3.63, 3.8) is 0 Å². The first-order valence-corrected chi connectivity index (χ1v) is 8.94. The molecule has 0 aliphatic carbocycles. The largest absolute Gasteiger partial charge is 0.392 e. The summed E-state index contributed by atoms with van der Waals surface area (Å²) >= 11 is 0. The number of nitrogens with zero attached hydrogens (tertiary/aromatic N) is 1. The van der Waals surface area contributed by atoms with Crippen LogP contribution in [0.3, 0.4) is 0 Å². The first-order valence-electron chi connectivity index (χ1n) is 7.12. The molecule has 108 valence electrons. The third kappa shape index (κ3) is 4.86. The van der Waals surface area contributed by atoms with Crippen molar-refractivity contribution in [1.82, 2.24) is 4.90 Å². The molecule has 2 atom stereocenters. The van der Waals surface area contributed by atoms with Gasteiger partial charge in [-0.15, -0.1) is 0 Å². The molecule has 0 saturated carbocycles. The molecule has 0 aromatic carbocycles. The molecule has 5 heteroatoms. The highest BCUT2D eigenvalue weighted by Gasteiger charge is 2.28. The van der Waals surface area contributed by atoms with Crippen molar-refractivity contribution in [2.24, 2.45) is 0 Å². The van der Waals surface area contributed by atoms with Gasteiger partial charge in [0.15, 0.2) is 9.84 Å². The number of piperidine rings is 1. The van der Waals surface area contributed by atoms with Crippen LogP contribution in [0.2, 0.25) is 0 Å². The normalized spacial score (nSPS) is 24.1. The van der Waals surface area contributed by atoms with Gasteiger partial charge in [-0.3, -0.25) is 4.90 Å². The van der Waals surface area contributed by atoms with Crippen LogP contribution in [-0.4, -0.2) is 55.2 Å². The summed E-state index contributed by atoms with van der Waals surface area (Å²) in [5.41, 5.74) is 0. The Balaban J connectivity index is 2.52. The minimum atomic E-state index is -2.91. The molecule has 0 radical (unpaired) electrons. The van der Waals surface area contributed by atoms with E-state index in [0.29, 0.717) is 13.0 Å². The second-order valence-electron chi connectivity index (χ2n) is 5.23. The summed E-state index contributed by atoms with van der Waals surface area (Å²) in [5, 5.41) is 9.99. The lowest BCUT2D eigenvalue weighted by Crippen LogP contribution is -2.48. The van der Waals surface area contributed by atoms with Crippen LogP contribution in [0.4, 0.5) is 0 Å². The zero-order valence-corrected chi connectivity index (χ0v) is 12.5. The van der Waals surface area contributed by atoms with Gasteiger partial charge in [-0.2, -0.15) is 0 Å². The van der Waals surface area contributed by atoms with Crippen molar-refractivity contribution in [2.75, 3.05) is 24.6 Å². The average Bonchev–Trinajstić information content (AvgIpc) is 2.36. The predicted molar refractivity (Wildman–Crippen MR) is 74.5 cm³/mol. The number of hydrogen-bond donors (Lipinski definition) is 1. The van der Waals surface area contributed by atoms with Gasteiger partial charge in [0, 0.05) is 18.3 Å². The fraction of sp³-hybridized carbons (Fsp3) is 1.00. The number of rotatable bonds is 7. The van der Waals surface area contributed by atoms with Gasteiger partial charge in [-0.25, -0.2) is 8.42 Å². The molecule has 1 rings (SSSR count). The lowest BCUT2D eigenvalue weighted by Gasteiger charge is -2.38. The van der Waals surface area contributed by atoms with Crippen molar-refractivity contribution >= 4 is 9.84 Å². The number of sulfone groups is 1. The van der Waals surface area contributed by atoms with E-state index >= 15 is 0 Å². The molecule has 0 amide bonds. The molecular weight excluding hydrogens is 250 g/mol. The Morgan fingerprint density at radius 3 is 2.61 bits per heavy atom. The van der Waals surface area contributed by atoms with Crippen molar-refractivity contribution in [2.45, 2.75) is 58.1 Å². The Hall–Kier alpha value is -0.130. The first kappa shape index (κ1) is 15.9. The van der Waals surface area contributed by atoms with Crippen LogP contribution >= 0.6 is 0 Å². The summed E-state index contributed by atoms with van der Waals surface area (Å²) in [6.07, 6.45) is 4.34. The fourth-order valence-corrected chi connectivity index (χ4v) is 4.01. The molecule has 0 aromatic heterocycles. The molecule has 1 N–H and O–H groups in total. The minimum Gasteiger partial charge on any atom is -0.392 e. The van der Waals surface area contributed by atoms with E-state index in [1.807, 2.05) is 13.8 Å². The van der Waals surface area contributed by atoms with Gasteiger partial charge in [-0.1, -0.05) is 20.3 Å². The highest BCUT2D eigenvalue weighted by atomic mass is 32.2. The van der Waals surface area contributed by atoms with Gasteiger partial charge in [0.1, 0.15) is 0 Å². The molecule has 1 fully saturated rings. The monoisotopic (exact) mass is 277 g/mol. The van der Waals surface area contributed by atoms with Gasteiger partial charge in [0.05, 0.1) is 11.9 Å². The Bertz CT molecular complexity index is 329. The second-order valence-corrected chi connectivity index (χ2v) is 7.53. The van der Waals surface area contributed by atoms with Crippen molar-refractivity contribution in [1.29, 1.82) is 0 Å².